The van der Waals surface area contributed by atoms with Gasteiger partial charge in [0.25, 0.3) is 0 Å². The molecule has 1 aromatic carbocycles. The van der Waals surface area contributed by atoms with E-state index in [1.54, 1.807) is 0 Å². The van der Waals surface area contributed by atoms with Crippen molar-refractivity contribution in [3.05, 3.63) is 53.6 Å². The minimum Gasteiger partial charge on any atom is -0.478 e. The number of hydrogen-bond donors (Lipinski definition) is 2. The lowest BCUT2D eigenvalue weighted by atomic mass is 9.99. The molecule has 0 aliphatic carbocycles. The van der Waals surface area contributed by atoms with Crippen LogP contribution >= 0.6 is 0 Å². The third kappa shape index (κ3) is 6.85. The second-order valence-corrected chi connectivity index (χ2v) is 5.12. The highest BCUT2D eigenvalue weighted by molar-refractivity contribution is 5.89. The molecule has 0 saturated carbocycles. The number of carbonyl (C=O) groups is 2. The van der Waals surface area contributed by atoms with Crippen LogP contribution in [0.3, 0.4) is 0 Å². The zero-order chi connectivity index (χ0) is 16.5. The summed E-state index contributed by atoms with van der Waals surface area (Å²) in [5.41, 5.74) is 4.23. The van der Waals surface area contributed by atoms with Gasteiger partial charge in [-0.2, -0.15) is 0 Å². The minimum absolute atomic E-state index is 0.558. The van der Waals surface area contributed by atoms with Crippen molar-refractivity contribution < 1.29 is 19.8 Å². The quantitative estimate of drug-likeness (QED) is 0.839. The maximum atomic E-state index is 9.55. The number of benzene rings is 1. The fourth-order valence-corrected chi connectivity index (χ4v) is 1.94. The predicted molar refractivity (Wildman–Crippen MR) is 85.7 cm³/mol. The van der Waals surface area contributed by atoms with Crippen molar-refractivity contribution in [1.82, 2.24) is 4.90 Å². The first-order chi connectivity index (χ1) is 10.4. The molecule has 0 spiro atoms. The van der Waals surface area contributed by atoms with Crippen molar-refractivity contribution in [2.45, 2.75) is 13.3 Å². The second kappa shape index (κ2) is 8.79. The summed E-state index contributed by atoms with van der Waals surface area (Å²) in [7, 11) is 2.17. The fraction of sp³-hybridized carbons (Fsp3) is 0.294. The lowest BCUT2D eigenvalue weighted by Gasteiger charge is -2.22. The van der Waals surface area contributed by atoms with Gasteiger partial charge in [0.1, 0.15) is 0 Å². The van der Waals surface area contributed by atoms with Gasteiger partial charge < -0.3 is 15.1 Å². The van der Waals surface area contributed by atoms with Gasteiger partial charge in [0.2, 0.25) is 0 Å². The smallest absolute Gasteiger partial charge is 0.328 e. The molecule has 0 aromatic heterocycles. The topological polar surface area (TPSA) is 77.8 Å². The second-order valence-electron chi connectivity index (χ2n) is 5.12. The van der Waals surface area contributed by atoms with Gasteiger partial charge >= 0.3 is 11.9 Å². The van der Waals surface area contributed by atoms with Crippen molar-refractivity contribution in [3.63, 3.8) is 0 Å². The maximum absolute atomic E-state index is 9.55. The van der Waals surface area contributed by atoms with E-state index in [-0.39, 0.29) is 0 Å². The van der Waals surface area contributed by atoms with Gasteiger partial charge in [0, 0.05) is 25.2 Å². The van der Waals surface area contributed by atoms with Crippen molar-refractivity contribution in [1.29, 1.82) is 0 Å². The first kappa shape index (κ1) is 17.7. The number of likely N-dealkylation sites (N-methyl/N-ethyl adjacent to an activating group) is 1. The van der Waals surface area contributed by atoms with Crippen LogP contribution in [0.2, 0.25) is 0 Å². The average molecular weight is 303 g/mol. The van der Waals surface area contributed by atoms with Crippen LogP contribution in [0.1, 0.15) is 17.5 Å². The number of rotatable bonds is 3. The number of hydrogen-bond acceptors (Lipinski definition) is 3. The molecule has 0 bridgehead atoms. The number of nitrogens with zero attached hydrogens (tertiary/aromatic N) is 1. The highest BCUT2D eigenvalue weighted by atomic mass is 16.4. The zero-order valence-electron chi connectivity index (χ0n) is 12.8. The van der Waals surface area contributed by atoms with E-state index in [9.17, 15) is 9.59 Å². The normalized spacial score (nSPS) is 14.9. The van der Waals surface area contributed by atoms with Crippen LogP contribution in [0, 0.1) is 6.92 Å². The first-order valence-corrected chi connectivity index (χ1v) is 6.97. The molecule has 1 aromatic rings. The van der Waals surface area contributed by atoms with Gasteiger partial charge in [-0.05, 0) is 31.5 Å². The van der Waals surface area contributed by atoms with Gasteiger partial charge in [-0.15, -0.1) is 0 Å². The number of carboxylic acid groups (broad SMARTS) is 2. The summed E-state index contributed by atoms with van der Waals surface area (Å²) in [6.45, 7) is 4.40. The van der Waals surface area contributed by atoms with Crippen LogP contribution in [0.4, 0.5) is 0 Å². The molecule has 0 radical (unpaired) electrons. The molecule has 1 heterocycles. The van der Waals surface area contributed by atoms with E-state index in [0.29, 0.717) is 12.2 Å². The number of aliphatic carboxylic acids is 2. The Kier molecular flexibility index (Phi) is 7.05. The first-order valence-electron chi connectivity index (χ1n) is 6.97. The van der Waals surface area contributed by atoms with E-state index in [0.717, 1.165) is 6.54 Å². The summed E-state index contributed by atoms with van der Waals surface area (Å²) in [5, 5.41) is 15.6. The summed E-state index contributed by atoms with van der Waals surface area (Å²) < 4.78 is 0. The van der Waals surface area contributed by atoms with Gasteiger partial charge in [-0.3, -0.25) is 0 Å². The molecule has 2 N–H and O–H groups in total. The van der Waals surface area contributed by atoms with Crippen LogP contribution < -0.4 is 0 Å². The molecule has 0 unspecified atom stereocenters. The van der Waals surface area contributed by atoms with Crippen molar-refractivity contribution >= 4 is 17.5 Å². The SMILES string of the molecule is Cc1ccc(C2=CCN(C)CC2)cc1.O=C(O)/C=C\C(=O)O. The van der Waals surface area contributed by atoms with E-state index in [1.807, 2.05) is 0 Å². The lowest BCUT2D eigenvalue weighted by molar-refractivity contribution is -0.134. The van der Waals surface area contributed by atoms with Crippen LogP contribution in [0.5, 0.6) is 0 Å². The standard InChI is InChI=1S/C13H17N.C4H4O4/c1-11-3-5-12(6-4-11)13-7-9-14(2)10-8-13;5-3(6)1-2-4(7)8/h3-7H,8-10H2,1-2H3;1-2H,(H,5,6)(H,7,8)/b;2-1-. The molecule has 22 heavy (non-hydrogen) atoms. The molecule has 5 heteroatoms. The van der Waals surface area contributed by atoms with E-state index < -0.39 is 11.9 Å². The summed E-state index contributed by atoms with van der Waals surface area (Å²) in [4.78, 5) is 21.5. The minimum atomic E-state index is -1.26. The van der Waals surface area contributed by atoms with Crippen molar-refractivity contribution in [2.75, 3.05) is 20.1 Å². The number of carboxylic acids is 2. The summed E-state index contributed by atoms with van der Waals surface area (Å²) >= 11 is 0. The third-order valence-corrected chi connectivity index (χ3v) is 3.20. The molecule has 0 saturated heterocycles. The molecular formula is C17H21NO4. The molecule has 2 rings (SSSR count). The Bertz CT molecular complexity index is 557. The summed E-state index contributed by atoms with van der Waals surface area (Å²) in [5.74, 6) is -2.51. The molecule has 118 valence electrons. The Morgan fingerprint density at radius 3 is 2.05 bits per heavy atom. The van der Waals surface area contributed by atoms with Crippen LogP contribution in [-0.4, -0.2) is 47.2 Å². The van der Waals surface area contributed by atoms with Crippen molar-refractivity contribution in [3.8, 4) is 0 Å². The molecule has 1 aliphatic heterocycles. The molecule has 0 fully saturated rings. The largest absolute Gasteiger partial charge is 0.478 e. The Morgan fingerprint density at radius 2 is 1.64 bits per heavy atom. The van der Waals surface area contributed by atoms with Gasteiger partial charge in [-0.25, -0.2) is 9.59 Å². The highest BCUT2D eigenvalue weighted by Gasteiger charge is 2.08. The molecule has 0 atom stereocenters. The molecular weight excluding hydrogens is 282 g/mol. The fourth-order valence-electron chi connectivity index (χ4n) is 1.94. The molecule has 5 nitrogen and oxygen atoms in total. The zero-order valence-corrected chi connectivity index (χ0v) is 12.8. The highest BCUT2D eigenvalue weighted by Crippen LogP contribution is 2.21. The van der Waals surface area contributed by atoms with E-state index >= 15 is 0 Å². The maximum Gasteiger partial charge on any atom is 0.328 e. The van der Waals surface area contributed by atoms with E-state index in [4.69, 9.17) is 10.2 Å². The Balaban J connectivity index is 0.000000261. The van der Waals surface area contributed by atoms with Gasteiger partial charge in [0.15, 0.2) is 0 Å². The average Bonchev–Trinajstić information content (AvgIpc) is 2.48. The van der Waals surface area contributed by atoms with Crippen molar-refractivity contribution in [2.24, 2.45) is 0 Å². The molecule has 1 aliphatic rings. The Morgan fingerprint density at radius 1 is 1.09 bits per heavy atom. The van der Waals surface area contributed by atoms with Crippen LogP contribution in [-0.2, 0) is 9.59 Å². The van der Waals surface area contributed by atoms with E-state index in [1.165, 1.54) is 29.7 Å². The monoisotopic (exact) mass is 303 g/mol. The Hall–Kier alpha value is -2.40. The van der Waals surface area contributed by atoms with Crippen LogP contribution in [0.15, 0.2) is 42.5 Å². The summed E-state index contributed by atoms with van der Waals surface area (Å²) in [6.07, 6.45) is 4.64. The number of aryl methyl sites for hydroxylation is 1. The van der Waals surface area contributed by atoms with Gasteiger partial charge in [-0.1, -0.05) is 35.9 Å². The third-order valence-electron chi connectivity index (χ3n) is 3.20. The Labute approximate surface area is 130 Å². The van der Waals surface area contributed by atoms with Crippen LogP contribution in [0.25, 0.3) is 5.57 Å². The van der Waals surface area contributed by atoms with Gasteiger partial charge in [0.05, 0.1) is 0 Å². The summed E-state index contributed by atoms with van der Waals surface area (Å²) in [6, 6.07) is 8.84. The molecule has 0 amide bonds. The van der Waals surface area contributed by atoms with E-state index in [2.05, 4.69) is 49.2 Å². The lowest BCUT2D eigenvalue weighted by Crippen LogP contribution is -2.23. The predicted octanol–water partition coefficient (Wildman–Crippen LogP) is 2.43.